The van der Waals surface area contributed by atoms with E-state index < -0.39 is 10.0 Å². The molecule has 2 aromatic carbocycles. The van der Waals surface area contributed by atoms with Crippen LogP contribution in [0.5, 0.6) is 0 Å². The van der Waals surface area contributed by atoms with E-state index in [-0.39, 0.29) is 4.90 Å². The van der Waals surface area contributed by atoms with Crippen LogP contribution in [0, 0.1) is 25.7 Å². The van der Waals surface area contributed by atoms with Crippen LogP contribution in [0.2, 0.25) is 5.02 Å². The van der Waals surface area contributed by atoms with Crippen LogP contribution in [0.15, 0.2) is 59.5 Å². The summed E-state index contributed by atoms with van der Waals surface area (Å²) in [5, 5.41) is 1.09. The average Bonchev–Trinajstić information content (AvgIpc) is 3.23. The largest absolute Gasteiger partial charge is 0.379 e. The van der Waals surface area contributed by atoms with E-state index in [2.05, 4.69) is 27.5 Å². The molecule has 190 valence electrons. The molecule has 4 aromatic rings. The number of sulfonamides is 1. The molecule has 0 saturated carbocycles. The van der Waals surface area contributed by atoms with Gasteiger partial charge in [0.15, 0.2) is 0 Å². The van der Waals surface area contributed by atoms with Crippen molar-refractivity contribution in [1.82, 2.24) is 9.88 Å². The van der Waals surface area contributed by atoms with Crippen LogP contribution in [0.4, 0.5) is 5.69 Å². The highest BCUT2D eigenvalue weighted by atomic mass is 35.5. The number of hydrogen-bond donors (Lipinski definition) is 1. The van der Waals surface area contributed by atoms with Gasteiger partial charge in [0.05, 0.1) is 35.2 Å². The molecule has 0 spiro atoms. The first-order chi connectivity index (χ1) is 17.8. The Morgan fingerprint density at radius 2 is 1.89 bits per heavy atom. The second kappa shape index (κ2) is 10.8. The van der Waals surface area contributed by atoms with Gasteiger partial charge in [-0.15, -0.1) is 11.3 Å². The molecule has 1 N–H and O–H groups in total. The summed E-state index contributed by atoms with van der Waals surface area (Å²) in [6, 6.07) is 16.1. The quantitative estimate of drug-likeness (QED) is 0.321. The number of pyridine rings is 1. The maximum atomic E-state index is 13.3. The minimum atomic E-state index is -3.89. The van der Waals surface area contributed by atoms with E-state index in [0.717, 1.165) is 58.1 Å². The van der Waals surface area contributed by atoms with Gasteiger partial charge in [-0.2, -0.15) is 0 Å². The van der Waals surface area contributed by atoms with Gasteiger partial charge < -0.3 is 4.74 Å². The normalized spacial score (nSPS) is 14.4. The number of aromatic nitrogens is 1. The SMILES string of the molecule is Cc1cccc(-c2c(C#CCN3CCOCC3)sc3nc(C)cc(NS(=O)(=O)c4cccc(Cl)c4)c23)c1. The third kappa shape index (κ3) is 5.82. The minimum Gasteiger partial charge on any atom is -0.379 e. The number of hydrogen-bond acceptors (Lipinski definition) is 6. The molecule has 2 aromatic heterocycles. The molecule has 1 saturated heterocycles. The second-order valence-corrected chi connectivity index (χ2v) is 12.0. The van der Waals surface area contributed by atoms with Gasteiger partial charge >= 0.3 is 0 Å². The lowest BCUT2D eigenvalue weighted by Crippen LogP contribution is -2.36. The minimum absolute atomic E-state index is 0.0977. The fourth-order valence-corrected chi connectivity index (χ4v) is 6.80. The Morgan fingerprint density at radius 3 is 2.65 bits per heavy atom. The van der Waals surface area contributed by atoms with E-state index >= 15 is 0 Å². The molecule has 0 unspecified atom stereocenters. The third-order valence-electron chi connectivity index (χ3n) is 6.06. The Morgan fingerprint density at radius 1 is 1.11 bits per heavy atom. The van der Waals surface area contributed by atoms with Crippen molar-refractivity contribution >= 4 is 48.9 Å². The van der Waals surface area contributed by atoms with Crippen LogP contribution in [0.25, 0.3) is 21.3 Å². The second-order valence-electron chi connectivity index (χ2n) is 8.92. The number of anilines is 1. The van der Waals surface area contributed by atoms with Crippen LogP contribution >= 0.6 is 22.9 Å². The summed E-state index contributed by atoms with van der Waals surface area (Å²) in [5.74, 6) is 6.69. The first kappa shape index (κ1) is 25.7. The van der Waals surface area contributed by atoms with Crippen LogP contribution in [-0.4, -0.2) is 51.1 Å². The topological polar surface area (TPSA) is 71.5 Å². The standard InChI is InChI=1S/C28H26ClN3O3S2/c1-19-6-3-7-21(16-19)26-25(10-5-11-32-12-14-35-15-13-32)36-28-27(26)24(17-20(2)30-28)31-37(33,34)23-9-4-8-22(29)18-23/h3-4,6-9,16-18H,11-15H2,1-2H3,(H,30,31). The van der Waals surface area contributed by atoms with Gasteiger partial charge in [0.2, 0.25) is 0 Å². The van der Waals surface area contributed by atoms with Crippen LogP contribution < -0.4 is 4.72 Å². The summed E-state index contributed by atoms with van der Waals surface area (Å²) >= 11 is 7.56. The highest BCUT2D eigenvalue weighted by Gasteiger charge is 2.22. The van der Waals surface area contributed by atoms with Gasteiger partial charge in [0.25, 0.3) is 10.0 Å². The first-order valence-corrected chi connectivity index (χ1v) is 14.6. The van der Waals surface area contributed by atoms with Crippen molar-refractivity contribution in [1.29, 1.82) is 0 Å². The van der Waals surface area contributed by atoms with Crippen molar-refractivity contribution < 1.29 is 13.2 Å². The molecule has 0 bridgehead atoms. The lowest BCUT2D eigenvalue weighted by Gasteiger charge is -2.24. The number of rotatable bonds is 5. The lowest BCUT2D eigenvalue weighted by atomic mass is 10.00. The zero-order valence-electron chi connectivity index (χ0n) is 20.5. The number of ether oxygens (including phenoxy) is 1. The first-order valence-electron chi connectivity index (χ1n) is 11.9. The van der Waals surface area contributed by atoms with E-state index in [1.165, 1.54) is 23.5 Å². The summed E-state index contributed by atoms with van der Waals surface area (Å²) < 4.78 is 34.9. The van der Waals surface area contributed by atoms with Crippen LogP contribution in [0.1, 0.15) is 16.1 Å². The predicted molar refractivity (Wildman–Crippen MR) is 151 cm³/mol. The summed E-state index contributed by atoms with van der Waals surface area (Å²) in [5.41, 5.74) is 4.13. The molecule has 0 amide bonds. The molecule has 5 rings (SSSR count). The molecule has 1 aliphatic rings. The molecule has 9 heteroatoms. The van der Waals surface area contributed by atoms with Crippen LogP contribution in [-0.2, 0) is 14.8 Å². The molecule has 1 fully saturated rings. The number of halogens is 1. The van der Waals surface area contributed by atoms with E-state index in [0.29, 0.717) is 22.9 Å². The Hall–Kier alpha value is -2.93. The van der Waals surface area contributed by atoms with E-state index in [1.54, 1.807) is 18.2 Å². The maximum absolute atomic E-state index is 13.3. The molecular formula is C28H26ClN3O3S2. The number of thiophene rings is 1. The van der Waals surface area contributed by atoms with Gasteiger partial charge in [-0.3, -0.25) is 9.62 Å². The summed E-state index contributed by atoms with van der Waals surface area (Å²) in [6.07, 6.45) is 0. The van der Waals surface area contributed by atoms with Crippen LogP contribution in [0.3, 0.4) is 0 Å². The van der Waals surface area contributed by atoms with Crippen molar-refractivity contribution in [2.24, 2.45) is 0 Å². The molecular weight excluding hydrogens is 526 g/mol. The van der Waals surface area contributed by atoms with Crippen molar-refractivity contribution in [2.45, 2.75) is 18.7 Å². The number of morpholine rings is 1. The van der Waals surface area contributed by atoms with E-state index in [1.807, 2.05) is 32.0 Å². The number of nitrogens with one attached hydrogen (secondary N) is 1. The Kier molecular flexibility index (Phi) is 7.52. The monoisotopic (exact) mass is 551 g/mol. The van der Waals surface area contributed by atoms with E-state index in [9.17, 15) is 8.42 Å². The molecule has 0 radical (unpaired) electrons. The summed E-state index contributed by atoms with van der Waals surface area (Å²) in [7, 11) is -3.89. The molecule has 0 atom stereocenters. The van der Waals surface area contributed by atoms with Gasteiger partial charge in [-0.1, -0.05) is 59.3 Å². The molecule has 1 aliphatic heterocycles. The van der Waals surface area contributed by atoms with Gasteiger partial charge in [-0.25, -0.2) is 13.4 Å². The number of fused-ring (bicyclic) bond motifs is 1. The highest BCUT2D eigenvalue weighted by Crippen LogP contribution is 2.42. The number of benzene rings is 2. The Bertz CT molecular complexity index is 1630. The zero-order valence-corrected chi connectivity index (χ0v) is 22.9. The smallest absolute Gasteiger partial charge is 0.261 e. The highest BCUT2D eigenvalue weighted by molar-refractivity contribution is 7.92. The maximum Gasteiger partial charge on any atom is 0.261 e. The molecule has 6 nitrogen and oxygen atoms in total. The van der Waals surface area contributed by atoms with E-state index in [4.69, 9.17) is 21.3 Å². The van der Waals surface area contributed by atoms with Gasteiger partial charge in [-0.05, 0) is 43.7 Å². The number of aryl methyl sites for hydroxylation is 2. The Balaban J connectivity index is 1.64. The van der Waals surface area contributed by atoms with Crippen molar-refractivity contribution in [3.8, 4) is 23.0 Å². The van der Waals surface area contributed by atoms with Gasteiger partial charge in [0, 0.05) is 34.8 Å². The number of nitrogens with zero attached hydrogens (tertiary/aromatic N) is 2. The van der Waals surface area contributed by atoms with Crippen molar-refractivity contribution in [2.75, 3.05) is 37.6 Å². The summed E-state index contributed by atoms with van der Waals surface area (Å²) in [4.78, 5) is 8.70. The zero-order chi connectivity index (χ0) is 26.0. The Labute approximate surface area is 226 Å². The van der Waals surface area contributed by atoms with Gasteiger partial charge in [0.1, 0.15) is 4.83 Å². The third-order valence-corrected chi connectivity index (χ3v) is 8.65. The fourth-order valence-electron chi connectivity index (χ4n) is 4.29. The molecule has 0 aliphatic carbocycles. The van der Waals surface area contributed by atoms with Crippen molar-refractivity contribution in [3.05, 3.63) is 75.8 Å². The van der Waals surface area contributed by atoms with Crippen molar-refractivity contribution in [3.63, 3.8) is 0 Å². The average molecular weight is 552 g/mol. The molecule has 3 heterocycles. The molecule has 37 heavy (non-hydrogen) atoms. The fraction of sp³-hybridized carbons (Fsp3) is 0.250. The summed E-state index contributed by atoms with van der Waals surface area (Å²) in [6.45, 7) is 7.70. The lowest BCUT2D eigenvalue weighted by molar-refractivity contribution is 0.0443. The predicted octanol–water partition coefficient (Wildman–Crippen LogP) is 5.72.